The lowest BCUT2D eigenvalue weighted by Crippen LogP contribution is -2.47. The van der Waals surface area contributed by atoms with Crippen molar-refractivity contribution in [2.75, 3.05) is 18.7 Å². The molecule has 2 amide bonds. The third kappa shape index (κ3) is 6.58. The van der Waals surface area contributed by atoms with Gasteiger partial charge in [0.15, 0.2) is 6.73 Å². The first-order valence-corrected chi connectivity index (χ1v) is 8.78. The lowest BCUT2D eigenvalue weighted by Gasteiger charge is -2.15. The van der Waals surface area contributed by atoms with E-state index in [1.165, 1.54) is 11.8 Å². The van der Waals surface area contributed by atoms with E-state index in [0.29, 0.717) is 22.9 Å². The van der Waals surface area contributed by atoms with Crippen LogP contribution < -0.4 is 15.4 Å². The molecule has 1 rings (SSSR count). The van der Waals surface area contributed by atoms with E-state index in [4.69, 9.17) is 21.4 Å². The monoisotopic (exact) mass is 360 g/mol. The Hall–Kier alpha value is -1.60. The van der Waals surface area contributed by atoms with E-state index in [-0.39, 0.29) is 6.73 Å². The van der Waals surface area contributed by atoms with Gasteiger partial charge in [-0.15, -0.1) is 0 Å². The van der Waals surface area contributed by atoms with Crippen LogP contribution >= 0.6 is 23.4 Å². The molecule has 0 aromatic heterocycles. The van der Waals surface area contributed by atoms with Crippen LogP contribution in [-0.4, -0.2) is 41.9 Å². The van der Waals surface area contributed by atoms with Crippen molar-refractivity contribution in [1.29, 1.82) is 0 Å². The Kier molecular flexibility index (Phi) is 8.05. The average molecular weight is 361 g/mol. The van der Waals surface area contributed by atoms with Crippen molar-refractivity contribution < 1.29 is 19.4 Å². The zero-order valence-corrected chi connectivity index (χ0v) is 14.9. The molecule has 0 heterocycles. The number of carboxylic acids is 1. The lowest BCUT2D eigenvalue weighted by atomic mass is 10.1. The van der Waals surface area contributed by atoms with Gasteiger partial charge in [0.1, 0.15) is 11.8 Å². The van der Waals surface area contributed by atoms with Crippen LogP contribution in [0.2, 0.25) is 5.02 Å². The number of nitrogens with one attached hydrogen (secondary N) is 2. The highest BCUT2D eigenvalue weighted by Gasteiger charge is 2.19. The zero-order valence-electron chi connectivity index (χ0n) is 13.3. The van der Waals surface area contributed by atoms with Crippen molar-refractivity contribution in [1.82, 2.24) is 10.6 Å². The molecule has 0 aliphatic carbocycles. The molecule has 0 aliphatic heterocycles. The van der Waals surface area contributed by atoms with Gasteiger partial charge < -0.3 is 20.5 Å². The highest BCUT2D eigenvalue weighted by molar-refractivity contribution is 7.98. The van der Waals surface area contributed by atoms with Crippen molar-refractivity contribution in [3.05, 3.63) is 28.3 Å². The van der Waals surface area contributed by atoms with Gasteiger partial charge in [-0.1, -0.05) is 11.6 Å². The number of rotatable bonds is 8. The highest BCUT2D eigenvalue weighted by Crippen LogP contribution is 2.25. The van der Waals surface area contributed by atoms with E-state index in [1.54, 1.807) is 12.1 Å². The van der Waals surface area contributed by atoms with E-state index in [0.717, 1.165) is 11.1 Å². The standard InChI is InChI=1S/C15H21ClN2O4S/c1-9-6-11(7-10(2)13(9)16)22-8-17-15(21)18-12(14(19)20)4-5-23-3/h6-7,12H,4-5,8H2,1-3H3,(H,19,20)(H2,17,18,21). The summed E-state index contributed by atoms with van der Waals surface area (Å²) in [4.78, 5) is 22.8. The minimum absolute atomic E-state index is 0.0682. The Bertz CT molecular complexity index is 545. The summed E-state index contributed by atoms with van der Waals surface area (Å²) in [6, 6.07) is 2.05. The third-order valence-corrected chi connectivity index (χ3v) is 4.34. The minimum atomic E-state index is -1.06. The largest absolute Gasteiger partial charge is 0.480 e. The maximum absolute atomic E-state index is 11.7. The quantitative estimate of drug-likeness (QED) is 0.620. The van der Waals surface area contributed by atoms with Crippen LogP contribution in [-0.2, 0) is 4.79 Å². The van der Waals surface area contributed by atoms with Gasteiger partial charge in [-0.3, -0.25) is 0 Å². The van der Waals surface area contributed by atoms with Crippen LogP contribution in [0.4, 0.5) is 4.79 Å². The van der Waals surface area contributed by atoms with Crippen molar-refractivity contribution in [3.8, 4) is 5.75 Å². The fraction of sp³-hybridized carbons (Fsp3) is 0.467. The number of halogens is 1. The normalized spacial score (nSPS) is 11.7. The van der Waals surface area contributed by atoms with Crippen LogP contribution in [0.15, 0.2) is 12.1 Å². The molecule has 0 aliphatic rings. The molecule has 0 bridgehead atoms. The summed E-state index contributed by atoms with van der Waals surface area (Å²) in [5.74, 6) is 0.179. The Morgan fingerprint density at radius 3 is 2.48 bits per heavy atom. The molecule has 1 aromatic rings. The number of carbonyl (C=O) groups is 2. The molecule has 6 nitrogen and oxygen atoms in total. The first-order valence-electron chi connectivity index (χ1n) is 7.00. The molecule has 0 saturated carbocycles. The molecular formula is C15H21ClN2O4S. The summed E-state index contributed by atoms with van der Waals surface area (Å²) in [5.41, 5.74) is 1.77. The molecule has 1 aromatic carbocycles. The molecular weight excluding hydrogens is 340 g/mol. The second kappa shape index (κ2) is 9.52. The Morgan fingerprint density at radius 2 is 1.96 bits per heavy atom. The van der Waals surface area contributed by atoms with Crippen LogP contribution in [0.3, 0.4) is 0 Å². The van der Waals surface area contributed by atoms with Gasteiger partial charge in [-0.2, -0.15) is 11.8 Å². The van der Waals surface area contributed by atoms with E-state index in [1.807, 2.05) is 20.1 Å². The van der Waals surface area contributed by atoms with Crippen LogP contribution in [0.25, 0.3) is 0 Å². The summed E-state index contributed by atoms with van der Waals surface area (Å²) >= 11 is 7.59. The van der Waals surface area contributed by atoms with Crippen molar-refractivity contribution in [2.24, 2.45) is 0 Å². The smallest absolute Gasteiger partial charge is 0.326 e. The number of aliphatic carboxylic acids is 1. The fourth-order valence-corrected chi connectivity index (χ4v) is 2.46. The number of hydrogen-bond acceptors (Lipinski definition) is 4. The average Bonchev–Trinajstić information content (AvgIpc) is 2.48. The molecule has 23 heavy (non-hydrogen) atoms. The van der Waals surface area contributed by atoms with Crippen molar-refractivity contribution in [2.45, 2.75) is 26.3 Å². The van der Waals surface area contributed by atoms with Crippen LogP contribution in [0, 0.1) is 13.8 Å². The van der Waals surface area contributed by atoms with Crippen LogP contribution in [0.1, 0.15) is 17.5 Å². The van der Waals surface area contributed by atoms with Gasteiger partial charge in [0.2, 0.25) is 0 Å². The van der Waals surface area contributed by atoms with Gasteiger partial charge in [-0.25, -0.2) is 9.59 Å². The molecule has 0 radical (unpaired) electrons. The Balaban J connectivity index is 2.45. The third-order valence-electron chi connectivity index (χ3n) is 3.10. The summed E-state index contributed by atoms with van der Waals surface area (Å²) < 4.78 is 5.43. The van der Waals surface area contributed by atoms with Gasteiger partial charge in [0.25, 0.3) is 0 Å². The van der Waals surface area contributed by atoms with Gasteiger partial charge in [-0.05, 0) is 55.5 Å². The second-order valence-electron chi connectivity index (χ2n) is 4.98. The number of benzene rings is 1. The van der Waals surface area contributed by atoms with Gasteiger partial charge in [0.05, 0.1) is 0 Å². The summed E-state index contributed by atoms with van der Waals surface area (Å²) in [6.45, 7) is 3.66. The fourth-order valence-electron chi connectivity index (χ4n) is 1.88. The number of urea groups is 1. The maximum atomic E-state index is 11.7. The molecule has 0 fully saturated rings. The number of carbonyl (C=O) groups excluding carboxylic acids is 1. The molecule has 8 heteroatoms. The Morgan fingerprint density at radius 1 is 1.35 bits per heavy atom. The molecule has 1 unspecified atom stereocenters. The molecule has 128 valence electrons. The van der Waals surface area contributed by atoms with E-state index in [2.05, 4.69) is 10.6 Å². The molecule has 0 saturated heterocycles. The zero-order chi connectivity index (χ0) is 17.4. The maximum Gasteiger partial charge on any atom is 0.326 e. The molecule has 3 N–H and O–H groups in total. The number of hydrogen-bond donors (Lipinski definition) is 3. The minimum Gasteiger partial charge on any atom is -0.480 e. The lowest BCUT2D eigenvalue weighted by molar-refractivity contribution is -0.139. The Labute approximate surface area is 144 Å². The molecule has 1 atom stereocenters. The number of aryl methyl sites for hydroxylation is 2. The SMILES string of the molecule is CSCCC(NC(=O)NCOc1cc(C)c(Cl)c(C)c1)C(=O)O. The number of amides is 2. The summed E-state index contributed by atoms with van der Waals surface area (Å²) in [5, 5.41) is 14.6. The predicted octanol–water partition coefficient (Wildman–Crippen LogP) is 2.80. The number of ether oxygens (including phenoxy) is 1. The second-order valence-corrected chi connectivity index (χ2v) is 6.35. The number of thioether (sulfide) groups is 1. The van der Waals surface area contributed by atoms with Gasteiger partial charge in [0, 0.05) is 5.02 Å². The van der Waals surface area contributed by atoms with Gasteiger partial charge >= 0.3 is 12.0 Å². The van der Waals surface area contributed by atoms with Crippen LogP contribution in [0.5, 0.6) is 5.75 Å². The predicted molar refractivity (Wildman–Crippen MR) is 92.5 cm³/mol. The molecule has 0 spiro atoms. The van der Waals surface area contributed by atoms with E-state index in [9.17, 15) is 9.59 Å². The van der Waals surface area contributed by atoms with Crippen molar-refractivity contribution in [3.63, 3.8) is 0 Å². The van der Waals surface area contributed by atoms with Crippen molar-refractivity contribution >= 4 is 35.4 Å². The van der Waals surface area contributed by atoms with E-state index < -0.39 is 18.0 Å². The topological polar surface area (TPSA) is 87.7 Å². The van der Waals surface area contributed by atoms with E-state index >= 15 is 0 Å². The summed E-state index contributed by atoms with van der Waals surface area (Å²) in [6.07, 6.45) is 2.24. The first-order chi connectivity index (χ1) is 10.8. The number of carboxylic acid groups (broad SMARTS) is 1. The highest BCUT2D eigenvalue weighted by atomic mass is 35.5. The summed E-state index contributed by atoms with van der Waals surface area (Å²) in [7, 11) is 0. The first kappa shape index (κ1) is 19.4.